The third-order valence-corrected chi connectivity index (χ3v) is 9.54. The van der Waals surface area contributed by atoms with Gasteiger partial charge in [0.15, 0.2) is 0 Å². The van der Waals surface area contributed by atoms with E-state index in [2.05, 4.69) is 90.8 Å². The van der Waals surface area contributed by atoms with Crippen LogP contribution >= 0.6 is 23.1 Å². The molecule has 5 nitrogen and oxygen atoms in total. The van der Waals surface area contributed by atoms with Crippen LogP contribution in [0, 0.1) is 0 Å². The Bertz CT molecular complexity index is 1470. The van der Waals surface area contributed by atoms with Gasteiger partial charge in [0, 0.05) is 23.8 Å². The molecular weight excluding hydrogens is 557 g/mol. The molecule has 1 atom stereocenters. The zero-order chi connectivity index (χ0) is 29.3. The maximum Gasteiger partial charge on any atom is 0.227 e. The van der Waals surface area contributed by atoms with Gasteiger partial charge in [0.1, 0.15) is 5.01 Å². The van der Waals surface area contributed by atoms with Crippen molar-refractivity contribution in [2.24, 2.45) is 0 Å². The smallest absolute Gasteiger partial charge is 0.227 e. The minimum absolute atomic E-state index is 0.151. The molecule has 7 heteroatoms. The second-order valence-corrected chi connectivity index (χ2v) is 13.2. The quantitative estimate of drug-likeness (QED) is 0.171. The summed E-state index contributed by atoms with van der Waals surface area (Å²) in [5, 5.41) is 4.81. The summed E-state index contributed by atoms with van der Waals surface area (Å²) in [4.78, 5) is 24.4. The van der Waals surface area contributed by atoms with Crippen LogP contribution in [0.15, 0.2) is 91.3 Å². The Morgan fingerprint density at radius 1 is 0.857 bits per heavy atom. The molecule has 3 aromatic carbocycles. The van der Waals surface area contributed by atoms with Crippen molar-refractivity contribution < 1.29 is 4.79 Å². The largest absolute Gasteiger partial charge is 0.376 e. The molecule has 0 radical (unpaired) electrons. The van der Waals surface area contributed by atoms with Gasteiger partial charge in [0.05, 0.1) is 29.8 Å². The summed E-state index contributed by atoms with van der Waals surface area (Å²) in [5.74, 6) is 0.185. The van der Waals surface area contributed by atoms with E-state index in [1.807, 2.05) is 41.4 Å². The van der Waals surface area contributed by atoms with Crippen molar-refractivity contribution in [2.75, 3.05) is 26.7 Å². The fourth-order valence-electron chi connectivity index (χ4n) is 5.16. The van der Waals surface area contributed by atoms with Gasteiger partial charge in [-0.05, 0) is 54.3 Å². The van der Waals surface area contributed by atoms with Crippen molar-refractivity contribution in [3.05, 3.63) is 107 Å². The van der Waals surface area contributed by atoms with Crippen LogP contribution in [0.1, 0.15) is 42.8 Å². The Labute approximate surface area is 258 Å². The molecule has 1 unspecified atom stereocenters. The summed E-state index contributed by atoms with van der Waals surface area (Å²) in [6.45, 7) is 7.78. The number of nitrogens with zero attached hydrogens (tertiary/aromatic N) is 3. The Kier molecular flexibility index (Phi) is 10.5. The topological polar surface area (TPSA) is 48.5 Å². The van der Waals surface area contributed by atoms with Crippen molar-refractivity contribution in [1.82, 2.24) is 20.1 Å². The van der Waals surface area contributed by atoms with Crippen molar-refractivity contribution >= 4 is 33.9 Å². The Morgan fingerprint density at radius 2 is 1.50 bits per heavy atom. The third kappa shape index (κ3) is 7.91. The number of thioether (sulfide) groups is 1. The van der Waals surface area contributed by atoms with E-state index in [-0.39, 0.29) is 11.3 Å². The zero-order valence-electron chi connectivity index (χ0n) is 24.8. The number of carbonyl (C=O) groups excluding carboxylic acids is 1. The number of nitrogens with one attached hydrogen (secondary N) is 1. The van der Waals surface area contributed by atoms with Gasteiger partial charge < -0.3 is 10.2 Å². The molecule has 0 bridgehead atoms. The minimum atomic E-state index is 0.151. The minimum Gasteiger partial charge on any atom is -0.376 e. The summed E-state index contributed by atoms with van der Waals surface area (Å²) in [7, 11) is 2.15. The molecule has 0 spiro atoms. The summed E-state index contributed by atoms with van der Waals surface area (Å²) < 4.78 is 0. The number of rotatable bonds is 13. The standard InChI is InChI=1S/C35H40N4OS2/c1-4-19-38(3)24-33-36-22-31(41-33)29-15-11-27(12-16-29)28-13-17-30(18-14-28)32-23-37-34(42-32)25-39(20-5-2)35(40)21-26-9-7-6-8-10-26/h6-18,22-23,34,37H,4-5,19-21,24-25H2,1-3H3. The summed E-state index contributed by atoms with van der Waals surface area (Å²) >= 11 is 3.58. The summed E-state index contributed by atoms with van der Waals surface area (Å²) in [6, 6.07) is 27.6. The van der Waals surface area contributed by atoms with E-state index in [0.717, 1.165) is 43.0 Å². The van der Waals surface area contributed by atoms with E-state index in [0.29, 0.717) is 13.0 Å². The highest BCUT2D eigenvalue weighted by atomic mass is 32.2. The highest BCUT2D eigenvalue weighted by molar-refractivity contribution is 8.09. The molecule has 1 amide bonds. The van der Waals surface area contributed by atoms with Crippen LogP contribution < -0.4 is 5.32 Å². The van der Waals surface area contributed by atoms with Crippen LogP contribution in [0.4, 0.5) is 0 Å². The Hall–Kier alpha value is -3.39. The maximum absolute atomic E-state index is 13.0. The normalized spacial score (nSPS) is 14.6. The predicted molar refractivity (Wildman–Crippen MR) is 179 cm³/mol. The van der Waals surface area contributed by atoms with E-state index in [9.17, 15) is 4.79 Å². The molecule has 42 heavy (non-hydrogen) atoms. The number of hydrogen-bond donors (Lipinski definition) is 1. The van der Waals surface area contributed by atoms with Gasteiger partial charge in [-0.1, -0.05) is 104 Å². The van der Waals surface area contributed by atoms with Crippen LogP contribution in [0.3, 0.4) is 0 Å². The van der Waals surface area contributed by atoms with E-state index in [4.69, 9.17) is 0 Å². The number of thiazole rings is 1. The fraction of sp³-hybridized carbons (Fsp3) is 0.314. The van der Waals surface area contributed by atoms with Crippen molar-refractivity contribution in [2.45, 2.75) is 45.0 Å². The van der Waals surface area contributed by atoms with Gasteiger partial charge in [0.2, 0.25) is 5.91 Å². The first-order chi connectivity index (χ1) is 20.5. The molecule has 1 aliphatic heterocycles. The lowest BCUT2D eigenvalue weighted by Crippen LogP contribution is -2.40. The molecule has 2 heterocycles. The number of carbonyl (C=O) groups is 1. The first-order valence-electron chi connectivity index (χ1n) is 14.8. The summed E-state index contributed by atoms with van der Waals surface area (Å²) in [5.41, 5.74) is 5.87. The van der Waals surface area contributed by atoms with Crippen LogP contribution in [-0.4, -0.2) is 52.7 Å². The lowest BCUT2D eigenvalue weighted by molar-refractivity contribution is -0.130. The monoisotopic (exact) mass is 596 g/mol. The number of benzene rings is 3. The molecule has 5 rings (SSSR count). The second kappa shape index (κ2) is 14.7. The highest BCUT2D eigenvalue weighted by Gasteiger charge is 2.23. The molecule has 218 valence electrons. The molecule has 0 saturated heterocycles. The van der Waals surface area contributed by atoms with E-state index < -0.39 is 0 Å². The molecule has 4 aromatic rings. The molecule has 1 aromatic heterocycles. The third-order valence-electron chi connectivity index (χ3n) is 7.34. The van der Waals surface area contributed by atoms with Gasteiger partial charge in [0.25, 0.3) is 0 Å². The average molecular weight is 597 g/mol. The second-order valence-electron chi connectivity index (χ2n) is 10.8. The van der Waals surface area contributed by atoms with E-state index in [1.54, 1.807) is 23.1 Å². The number of amides is 1. The Balaban J connectivity index is 1.16. The lowest BCUT2D eigenvalue weighted by atomic mass is 10.0. The number of hydrogen-bond acceptors (Lipinski definition) is 6. The number of aromatic nitrogens is 1. The van der Waals surface area contributed by atoms with Crippen molar-refractivity contribution in [1.29, 1.82) is 0 Å². The van der Waals surface area contributed by atoms with Crippen molar-refractivity contribution in [3.63, 3.8) is 0 Å². The van der Waals surface area contributed by atoms with Gasteiger partial charge in [-0.3, -0.25) is 9.69 Å². The Morgan fingerprint density at radius 3 is 2.17 bits per heavy atom. The molecule has 0 saturated carbocycles. The van der Waals surface area contributed by atoms with Gasteiger partial charge in [-0.15, -0.1) is 11.3 Å². The molecular formula is C35H40N4OS2. The van der Waals surface area contributed by atoms with Crippen LogP contribution in [0.2, 0.25) is 0 Å². The SMILES string of the molecule is CCCN(C)Cc1ncc(-c2ccc(-c3ccc(C4=CNC(CN(CCC)C(=O)Cc5ccccc5)S4)cc3)cc2)s1. The maximum atomic E-state index is 13.0. The molecule has 1 N–H and O–H groups in total. The highest BCUT2D eigenvalue weighted by Crippen LogP contribution is 2.36. The molecule has 0 aliphatic carbocycles. The van der Waals surface area contributed by atoms with Crippen LogP contribution in [-0.2, 0) is 17.8 Å². The first-order valence-corrected chi connectivity index (χ1v) is 16.5. The lowest BCUT2D eigenvalue weighted by Gasteiger charge is -2.25. The average Bonchev–Trinajstić information content (AvgIpc) is 3.68. The van der Waals surface area contributed by atoms with Crippen molar-refractivity contribution in [3.8, 4) is 21.6 Å². The first kappa shape index (κ1) is 30.1. The molecule has 1 aliphatic rings. The fourth-order valence-corrected chi connectivity index (χ4v) is 7.27. The van der Waals surface area contributed by atoms with E-state index in [1.165, 1.54) is 32.0 Å². The van der Waals surface area contributed by atoms with Crippen LogP contribution in [0.5, 0.6) is 0 Å². The van der Waals surface area contributed by atoms with Gasteiger partial charge in [-0.25, -0.2) is 4.98 Å². The molecule has 0 fully saturated rings. The van der Waals surface area contributed by atoms with E-state index >= 15 is 0 Å². The predicted octanol–water partition coefficient (Wildman–Crippen LogP) is 7.76. The van der Waals surface area contributed by atoms with Gasteiger partial charge in [-0.2, -0.15) is 0 Å². The van der Waals surface area contributed by atoms with Gasteiger partial charge >= 0.3 is 0 Å². The summed E-state index contributed by atoms with van der Waals surface area (Å²) in [6.07, 6.45) is 6.64. The zero-order valence-corrected chi connectivity index (χ0v) is 26.4. The van der Waals surface area contributed by atoms with Crippen LogP contribution in [0.25, 0.3) is 26.5 Å².